The van der Waals surface area contributed by atoms with E-state index in [0.29, 0.717) is 26.9 Å². The van der Waals surface area contributed by atoms with Crippen molar-refractivity contribution in [3.05, 3.63) is 82.1 Å². The fourth-order valence-electron chi connectivity index (χ4n) is 2.63. The van der Waals surface area contributed by atoms with Gasteiger partial charge in [0, 0.05) is 10.4 Å². The molecule has 3 aromatic rings. The number of hydrogen-bond acceptors (Lipinski definition) is 1. The first-order chi connectivity index (χ1) is 10.1. The normalized spacial score (nSPS) is 12.6. The summed E-state index contributed by atoms with van der Waals surface area (Å²) in [6.07, 6.45) is -0.840. The van der Waals surface area contributed by atoms with Crippen LogP contribution < -0.4 is 0 Å². The highest BCUT2D eigenvalue weighted by molar-refractivity contribution is 6.30. The summed E-state index contributed by atoms with van der Waals surface area (Å²) >= 11 is 6.05. The van der Waals surface area contributed by atoms with Crippen LogP contribution in [0.1, 0.15) is 22.8 Å². The quantitative estimate of drug-likeness (QED) is 0.704. The summed E-state index contributed by atoms with van der Waals surface area (Å²) in [7, 11) is 0. The van der Waals surface area contributed by atoms with Crippen molar-refractivity contribution in [2.45, 2.75) is 13.0 Å². The Labute approximate surface area is 127 Å². The van der Waals surface area contributed by atoms with E-state index in [1.54, 1.807) is 24.3 Å². The smallest absolute Gasteiger partial charge is 0.131 e. The molecule has 0 aliphatic rings. The predicted molar refractivity (Wildman–Crippen MR) is 84.2 cm³/mol. The second-order valence-electron chi connectivity index (χ2n) is 5.15. The van der Waals surface area contributed by atoms with E-state index in [2.05, 4.69) is 0 Å². The molecule has 0 spiro atoms. The van der Waals surface area contributed by atoms with Gasteiger partial charge in [-0.15, -0.1) is 0 Å². The minimum absolute atomic E-state index is 0.288. The molecule has 21 heavy (non-hydrogen) atoms. The molecule has 0 amide bonds. The molecular formula is C18H14ClFO. The van der Waals surface area contributed by atoms with E-state index in [-0.39, 0.29) is 5.82 Å². The third-order valence-corrected chi connectivity index (χ3v) is 3.80. The molecule has 0 heterocycles. The zero-order chi connectivity index (χ0) is 15.0. The first kappa shape index (κ1) is 14.1. The van der Waals surface area contributed by atoms with Crippen LogP contribution in [0.3, 0.4) is 0 Å². The Kier molecular flexibility index (Phi) is 3.66. The van der Waals surface area contributed by atoms with Crippen molar-refractivity contribution < 1.29 is 9.50 Å². The Balaban J connectivity index is 2.18. The summed E-state index contributed by atoms with van der Waals surface area (Å²) < 4.78 is 13.9. The highest BCUT2D eigenvalue weighted by atomic mass is 35.5. The van der Waals surface area contributed by atoms with Gasteiger partial charge in [-0.05, 0) is 47.2 Å². The largest absolute Gasteiger partial charge is 0.384 e. The van der Waals surface area contributed by atoms with Gasteiger partial charge in [0.1, 0.15) is 11.9 Å². The number of hydrogen-bond donors (Lipinski definition) is 1. The standard InChI is InChI=1S/C18H14ClFO/c1-11-8-12(10-13(19)9-11)18(21)16-6-7-17(20)15-5-3-2-4-14(15)16/h2-10,18,21H,1H3. The molecule has 1 atom stereocenters. The third kappa shape index (κ3) is 2.65. The molecule has 0 saturated carbocycles. The van der Waals surface area contributed by atoms with Gasteiger partial charge in [-0.3, -0.25) is 0 Å². The summed E-state index contributed by atoms with van der Waals surface area (Å²) in [6, 6.07) is 15.6. The van der Waals surface area contributed by atoms with Crippen molar-refractivity contribution >= 4 is 22.4 Å². The zero-order valence-electron chi connectivity index (χ0n) is 11.5. The fourth-order valence-corrected chi connectivity index (χ4v) is 2.92. The number of rotatable bonds is 2. The fraction of sp³-hybridized carbons (Fsp3) is 0.111. The predicted octanol–water partition coefficient (Wildman–Crippen LogP) is 5.02. The van der Waals surface area contributed by atoms with Crippen molar-refractivity contribution in [3.8, 4) is 0 Å². The van der Waals surface area contributed by atoms with E-state index in [0.717, 1.165) is 5.56 Å². The number of halogens is 2. The molecule has 0 radical (unpaired) electrons. The summed E-state index contributed by atoms with van der Waals surface area (Å²) in [5.74, 6) is -0.288. The van der Waals surface area contributed by atoms with Crippen LogP contribution in [0.4, 0.5) is 4.39 Å². The van der Waals surface area contributed by atoms with E-state index in [9.17, 15) is 9.50 Å². The lowest BCUT2D eigenvalue weighted by molar-refractivity contribution is 0.222. The molecule has 3 heteroatoms. The van der Waals surface area contributed by atoms with E-state index in [4.69, 9.17) is 11.6 Å². The number of aliphatic hydroxyl groups excluding tert-OH is 1. The Hall–Kier alpha value is -1.90. The zero-order valence-corrected chi connectivity index (χ0v) is 12.2. The van der Waals surface area contributed by atoms with Crippen molar-refractivity contribution in [2.24, 2.45) is 0 Å². The monoisotopic (exact) mass is 300 g/mol. The van der Waals surface area contributed by atoms with Crippen LogP contribution in [0.5, 0.6) is 0 Å². The molecule has 3 aromatic carbocycles. The average molecular weight is 301 g/mol. The second-order valence-corrected chi connectivity index (χ2v) is 5.58. The van der Waals surface area contributed by atoms with Crippen LogP contribution >= 0.6 is 11.6 Å². The maximum absolute atomic E-state index is 13.9. The molecule has 1 N–H and O–H groups in total. The lowest BCUT2D eigenvalue weighted by Crippen LogP contribution is -2.02. The Bertz CT molecular complexity index is 793. The maximum Gasteiger partial charge on any atom is 0.131 e. The van der Waals surface area contributed by atoms with Gasteiger partial charge < -0.3 is 5.11 Å². The molecule has 0 fully saturated rings. The first-order valence-electron chi connectivity index (χ1n) is 6.68. The first-order valence-corrected chi connectivity index (χ1v) is 7.06. The summed E-state index contributed by atoms with van der Waals surface area (Å²) in [5.41, 5.74) is 2.35. The average Bonchev–Trinajstić information content (AvgIpc) is 2.46. The summed E-state index contributed by atoms with van der Waals surface area (Å²) in [6.45, 7) is 1.92. The van der Waals surface area contributed by atoms with Crippen LogP contribution in [0.25, 0.3) is 10.8 Å². The summed E-state index contributed by atoms with van der Waals surface area (Å²) in [4.78, 5) is 0. The van der Waals surface area contributed by atoms with Gasteiger partial charge in [-0.2, -0.15) is 0 Å². The molecule has 0 saturated heterocycles. The van der Waals surface area contributed by atoms with E-state index >= 15 is 0 Å². The SMILES string of the molecule is Cc1cc(Cl)cc(C(O)c2ccc(F)c3ccccc23)c1. The third-order valence-electron chi connectivity index (χ3n) is 3.58. The number of benzene rings is 3. The van der Waals surface area contributed by atoms with Gasteiger partial charge >= 0.3 is 0 Å². The van der Waals surface area contributed by atoms with E-state index < -0.39 is 6.10 Å². The number of aliphatic hydroxyl groups is 1. The minimum Gasteiger partial charge on any atom is -0.384 e. The van der Waals surface area contributed by atoms with Gasteiger partial charge in [0.25, 0.3) is 0 Å². The van der Waals surface area contributed by atoms with Crippen LogP contribution in [0.2, 0.25) is 5.02 Å². The highest BCUT2D eigenvalue weighted by Crippen LogP contribution is 2.31. The van der Waals surface area contributed by atoms with Gasteiger partial charge in [-0.25, -0.2) is 4.39 Å². The topological polar surface area (TPSA) is 20.2 Å². The number of aryl methyl sites for hydroxylation is 1. The molecule has 1 nitrogen and oxygen atoms in total. The second kappa shape index (κ2) is 5.47. The van der Waals surface area contributed by atoms with Crippen molar-refractivity contribution in [2.75, 3.05) is 0 Å². The van der Waals surface area contributed by atoms with Gasteiger partial charge in [0.2, 0.25) is 0 Å². The van der Waals surface area contributed by atoms with E-state index in [1.165, 1.54) is 6.07 Å². The molecule has 0 aromatic heterocycles. The Morgan fingerprint density at radius 2 is 1.71 bits per heavy atom. The van der Waals surface area contributed by atoms with Crippen LogP contribution in [-0.2, 0) is 0 Å². The highest BCUT2D eigenvalue weighted by Gasteiger charge is 2.16. The molecule has 0 aliphatic heterocycles. The Morgan fingerprint density at radius 3 is 2.43 bits per heavy atom. The van der Waals surface area contributed by atoms with Crippen LogP contribution in [0, 0.1) is 12.7 Å². The van der Waals surface area contributed by atoms with Crippen LogP contribution in [-0.4, -0.2) is 5.11 Å². The molecule has 0 bridgehead atoms. The maximum atomic E-state index is 13.9. The summed E-state index contributed by atoms with van der Waals surface area (Å²) in [5, 5.41) is 12.4. The lowest BCUT2D eigenvalue weighted by Gasteiger charge is -2.15. The van der Waals surface area contributed by atoms with Gasteiger partial charge in [0.05, 0.1) is 0 Å². The molecule has 0 aliphatic carbocycles. The van der Waals surface area contributed by atoms with Gasteiger partial charge in [-0.1, -0.05) is 48.0 Å². The molecular weight excluding hydrogens is 287 g/mol. The minimum atomic E-state index is -0.840. The lowest BCUT2D eigenvalue weighted by atomic mass is 9.95. The molecule has 106 valence electrons. The van der Waals surface area contributed by atoms with Crippen molar-refractivity contribution in [1.82, 2.24) is 0 Å². The van der Waals surface area contributed by atoms with E-state index in [1.807, 2.05) is 31.2 Å². The van der Waals surface area contributed by atoms with Crippen LogP contribution in [0.15, 0.2) is 54.6 Å². The number of fused-ring (bicyclic) bond motifs is 1. The van der Waals surface area contributed by atoms with Crippen molar-refractivity contribution in [1.29, 1.82) is 0 Å². The van der Waals surface area contributed by atoms with Crippen molar-refractivity contribution in [3.63, 3.8) is 0 Å². The molecule has 3 rings (SSSR count). The van der Waals surface area contributed by atoms with Gasteiger partial charge in [0.15, 0.2) is 0 Å². The Morgan fingerprint density at radius 1 is 1.00 bits per heavy atom. The molecule has 1 unspecified atom stereocenters.